The molecule has 3 nitrogen and oxygen atoms in total. The molecule has 0 spiro atoms. The maximum atomic E-state index is 12.7. The average molecular weight is 300 g/mol. The van der Waals surface area contributed by atoms with Gasteiger partial charge in [0.15, 0.2) is 0 Å². The largest absolute Gasteiger partial charge is 0.338 e. The molecule has 2 aromatic rings. The molecule has 1 heterocycles. The number of hydrogen-bond acceptors (Lipinski definition) is 3. The van der Waals surface area contributed by atoms with Gasteiger partial charge in [-0.15, -0.1) is 0 Å². The Hall–Kier alpha value is -1.65. The molecular formula is C17H20N2OS. The van der Waals surface area contributed by atoms with Crippen LogP contribution in [0.2, 0.25) is 0 Å². The van der Waals surface area contributed by atoms with Crippen molar-refractivity contribution < 1.29 is 4.21 Å². The van der Waals surface area contributed by atoms with Crippen LogP contribution in [0, 0.1) is 0 Å². The Morgan fingerprint density at radius 1 is 1.00 bits per heavy atom. The van der Waals surface area contributed by atoms with Gasteiger partial charge in [-0.2, -0.15) is 0 Å². The first-order valence-electron chi connectivity index (χ1n) is 7.13. The first-order valence-corrected chi connectivity index (χ1v) is 8.28. The number of anilines is 2. The van der Waals surface area contributed by atoms with E-state index in [9.17, 15) is 4.21 Å². The maximum absolute atomic E-state index is 12.7. The fourth-order valence-corrected chi connectivity index (χ4v) is 3.92. The van der Waals surface area contributed by atoms with E-state index in [1.54, 1.807) is 0 Å². The highest BCUT2D eigenvalue weighted by Crippen LogP contribution is 2.41. The molecule has 0 bridgehead atoms. The van der Waals surface area contributed by atoms with Gasteiger partial charge in [0.25, 0.3) is 0 Å². The summed E-state index contributed by atoms with van der Waals surface area (Å²) in [6.45, 7) is 3.08. The Kier molecular flexibility index (Phi) is 3.83. The molecule has 0 aromatic heterocycles. The maximum Gasteiger partial charge on any atom is 0.0892 e. The highest BCUT2D eigenvalue weighted by atomic mass is 32.2. The summed E-state index contributed by atoms with van der Waals surface area (Å²) in [5, 5.41) is 0. The van der Waals surface area contributed by atoms with Crippen molar-refractivity contribution in [1.29, 1.82) is 0 Å². The summed E-state index contributed by atoms with van der Waals surface area (Å²) in [7, 11) is 3.08. The summed E-state index contributed by atoms with van der Waals surface area (Å²) < 4.78 is 12.7. The van der Waals surface area contributed by atoms with Gasteiger partial charge in [-0.1, -0.05) is 24.3 Å². The standard InChI is InChI=1S/C17H20N2OS/c1-13(18(2)3)12-19-14-8-4-6-10-16(14)21(20)17-11-7-5-9-15(17)19/h4-11,13H,12H2,1-3H3/t13-/m0/s1. The Balaban J connectivity index is 2.11. The lowest BCUT2D eigenvalue weighted by Gasteiger charge is -2.35. The van der Waals surface area contributed by atoms with Gasteiger partial charge in [0, 0.05) is 12.6 Å². The smallest absolute Gasteiger partial charge is 0.0892 e. The van der Waals surface area contributed by atoms with Crippen LogP contribution in [0.15, 0.2) is 58.3 Å². The monoisotopic (exact) mass is 300 g/mol. The first-order chi connectivity index (χ1) is 10.1. The van der Waals surface area contributed by atoms with Crippen molar-refractivity contribution in [3.8, 4) is 0 Å². The van der Waals surface area contributed by atoms with Crippen molar-refractivity contribution in [3.63, 3.8) is 0 Å². The van der Waals surface area contributed by atoms with Crippen molar-refractivity contribution >= 4 is 22.2 Å². The van der Waals surface area contributed by atoms with Crippen LogP contribution >= 0.6 is 0 Å². The molecular weight excluding hydrogens is 280 g/mol. The average Bonchev–Trinajstić information content (AvgIpc) is 2.51. The van der Waals surface area contributed by atoms with Crippen LogP contribution in [0.3, 0.4) is 0 Å². The fraction of sp³-hybridized carbons (Fsp3) is 0.294. The number of likely N-dealkylation sites (N-methyl/N-ethyl adjacent to an activating group) is 1. The van der Waals surface area contributed by atoms with Gasteiger partial charge in [0.2, 0.25) is 0 Å². The minimum Gasteiger partial charge on any atom is -0.338 e. The van der Waals surface area contributed by atoms with Gasteiger partial charge in [-0.3, -0.25) is 0 Å². The Morgan fingerprint density at radius 3 is 1.95 bits per heavy atom. The summed E-state index contributed by atoms with van der Waals surface area (Å²) in [5.74, 6) is 0. The Bertz CT molecular complexity index is 634. The molecule has 110 valence electrons. The fourth-order valence-electron chi connectivity index (χ4n) is 2.55. The third-order valence-electron chi connectivity index (χ3n) is 4.04. The van der Waals surface area contributed by atoms with Crippen LogP contribution in [-0.4, -0.2) is 35.8 Å². The van der Waals surface area contributed by atoms with Crippen LogP contribution in [0.1, 0.15) is 6.92 Å². The van der Waals surface area contributed by atoms with Crippen LogP contribution < -0.4 is 4.90 Å². The van der Waals surface area contributed by atoms with E-state index in [1.165, 1.54) is 0 Å². The van der Waals surface area contributed by atoms with E-state index in [1.807, 2.05) is 36.4 Å². The van der Waals surface area contributed by atoms with E-state index in [0.29, 0.717) is 6.04 Å². The van der Waals surface area contributed by atoms with Gasteiger partial charge in [0.05, 0.1) is 32.0 Å². The zero-order valence-electron chi connectivity index (χ0n) is 12.6. The number of hydrogen-bond donors (Lipinski definition) is 0. The molecule has 2 aromatic carbocycles. The second kappa shape index (κ2) is 5.62. The van der Waals surface area contributed by atoms with Crippen LogP contribution in [-0.2, 0) is 10.8 Å². The number of para-hydroxylation sites is 2. The molecule has 0 fully saturated rings. The number of nitrogens with zero attached hydrogens (tertiary/aromatic N) is 2. The third kappa shape index (κ3) is 2.49. The topological polar surface area (TPSA) is 23.6 Å². The highest BCUT2D eigenvalue weighted by Gasteiger charge is 2.28. The van der Waals surface area contributed by atoms with Crippen molar-refractivity contribution in [2.75, 3.05) is 25.5 Å². The summed E-state index contributed by atoms with van der Waals surface area (Å²) in [4.78, 5) is 6.30. The molecule has 0 aliphatic carbocycles. The van der Waals surface area contributed by atoms with Crippen LogP contribution in [0.5, 0.6) is 0 Å². The molecule has 0 unspecified atom stereocenters. The lowest BCUT2D eigenvalue weighted by molar-refractivity contribution is 0.319. The van der Waals surface area contributed by atoms with E-state index in [4.69, 9.17) is 0 Å². The Morgan fingerprint density at radius 2 is 1.48 bits per heavy atom. The lowest BCUT2D eigenvalue weighted by atomic mass is 10.2. The van der Waals surface area contributed by atoms with Gasteiger partial charge in [-0.25, -0.2) is 4.21 Å². The predicted octanol–water partition coefficient (Wildman–Crippen LogP) is 3.25. The second-order valence-electron chi connectivity index (χ2n) is 5.63. The molecule has 1 atom stereocenters. The molecule has 21 heavy (non-hydrogen) atoms. The predicted molar refractivity (Wildman–Crippen MR) is 87.7 cm³/mol. The van der Waals surface area contributed by atoms with Crippen molar-refractivity contribution in [1.82, 2.24) is 4.90 Å². The zero-order valence-corrected chi connectivity index (χ0v) is 13.4. The van der Waals surface area contributed by atoms with Gasteiger partial charge in [0.1, 0.15) is 0 Å². The Labute approximate surface area is 128 Å². The zero-order chi connectivity index (χ0) is 15.0. The summed E-state index contributed by atoms with van der Waals surface area (Å²) in [5.41, 5.74) is 2.12. The van der Waals surface area contributed by atoms with E-state index >= 15 is 0 Å². The molecule has 0 N–H and O–H groups in total. The molecule has 4 heteroatoms. The van der Waals surface area contributed by atoms with Crippen LogP contribution in [0.25, 0.3) is 0 Å². The summed E-state index contributed by atoms with van der Waals surface area (Å²) in [6, 6.07) is 16.4. The molecule has 0 saturated carbocycles. The van der Waals surface area contributed by atoms with E-state index < -0.39 is 10.8 Å². The van der Waals surface area contributed by atoms with Crippen molar-refractivity contribution in [2.45, 2.75) is 22.8 Å². The van der Waals surface area contributed by atoms with Crippen molar-refractivity contribution in [2.24, 2.45) is 0 Å². The third-order valence-corrected chi connectivity index (χ3v) is 5.53. The normalized spacial score (nSPS) is 15.7. The number of rotatable bonds is 3. The second-order valence-corrected chi connectivity index (χ2v) is 7.04. The van der Waals surface area contributed by atoms with Crippen molar-refractivity contribution in [3.05, 3.63) is 48.5 Å². The van der Waals surface area contributed by atoms with Gasteiger partial charge >= 0.3 is 0 Å². The minimum absolute atomic E-state index is 0.401. The minimum atomic E-state index is -1.09. The first kappa shape index (κ1) is 14.3. The van der Waals surface area contributed by atoms with Crippen LogP contribution in [0.4, 0.5) is 11.4 Å². The SMILES string of the molecule is C[C@@H](CN1c2ccccc2S(=O)c2ccccc21)N(C)C. The van der Waals surface area contributed by atoms with Gasteiger partial charge < -0.3 is 9.80 Å². The van der Waals surface area contributed by atoms with E-state index in [2.05, 4.69) is 43.0 Å². The molecule has 0 amide bonds. The summed E-state index contributed by atoms with van der Waals surface area (Å²) >= 11 is 0. The molecule has 0 radical (unpaired) electrons. The van der Waals surface area contributed by atoms with Gasteiger partial charge in [-0.05, 0) is 45.3 Å². The molecule has 1 aliphatic heterocycles. The number of fused-ring (bicyclic) bond motifs is 2. The summed E-state index contributed by atoms with van der Waals surface area (Å²) in [6.07, 6.45) is 0. The molecule has 3 rings (SSSR count). The van der Waals surface area contributed by atoms with E-state index in [0.717, 1.165) is 27.7 Å². The molecule has 1 aliphatic rings. The highest BCUT2D eigenvalue weighted by molar-refractivity contribution is 7.85. The quantitative estimate of drug-likeness (QED) is 0.869. The molecule has 0 saturated heterocycles. The van der Waals surface area contributed by atoms with E-state index in [-0.39, 0.29) is 0 Å². The lowest BCUT2D eigenvalue weighted by Crippen LogP contribution is -2.38. The number of benzene rings is 2.